The molecule has 1 N–H and O–H groups in total. The maximum absolute atomic E-state index is 12.5. The number of benzene rings is 2. The minimum Gasteiger partial charge on any atom is -0.350 e. The van der Waals surface area contributed by atoms with Crippen molar-refractivity contribution in [3.8, 4) is 0 Å². The summed E-state index contributed by atoms with van der Waals surface area (Å²) in [6, 6.07) is 16.5. The van der Waals surface area contributed by atoms with Gasteiger partial charge in [0, 0.05) is 12.1 Å². The lowest BCUT2D eigenvalue weighted by Crippen LogP contribution is -2.34. The summed E-state index contributed by atoms with van der Waals surface area (Å²) in [5.41, 5.74) is 4.41. The van der Waals surface area contributed by atoms with Crippen molar-refractivity contribution in [1.82, 2.24) is 10.2 Å². The summed E-state index contributed by atoms with van der Waals surface area (Å²) < 4.78 is 0. The Morgan fingerprint density at radius 1 is 1.04 bits per heavy atom. The number of aryl methyl sites for hydroxylation is 1. The number of carbonyl (C=O) groups excluding carboxylic acids is 1. The molecule has 0 bridgehead atoms. The van der Waals surface area contributed by atoms with Crippen LogP contribution in [0.5, 0.6) is 0 Å². The van der Waals surface area contributed by atoms with Gasteiger partial charge in [0.15, 0.2) is 0 Å². The zero-order valence-corrected chi connectivity index (χ0v) is 17.5. The van der Waals surface area contributed by atoms with E-state index in [-0.39, 0.29) is 29.8 Å². The Morgan fingerprint density at radius 3 is 2.12 bits per heavy atom. The van der Waals surface area contributed by atoms with E-state index in [1.807, 2.05) is 45.3 Å². The lowest BCUT2D eigenvalue weighted by atomic mass is 9.86. The average molecular weight is 375 g/mol. The van der Waals surface area contributed by atoms with E-state index in [4.69, 9.17) is 0 Å². The molecule has 1 unspecified atom stereocenters. The van der Waals surface area contributed by atoms with Crippen LogP contribution in [0.3, 0.4) is 0 Å². The third-order valence-corrected chi connectivity index (χ3v) is 4.63. The molecule has 0 aliphatic carbocycles. The molecule has 0 aromatic heterocycles. The molecule has 0 radical (unpaired) electrons. The van der Waals surface area contributed by atoms with Crippen LogP contribution in [0.1, 0.15) is 53.9 Å². The Balaban J connectivity index is 0.00000338. The number of halogens is 1. The van der Waals surface area contributed by atoms with E-state index >= 15 is 0 Å². The highest BCUT2D eigenvalue weighted by molar-refractivity contribution is 5.95. The monoisotopic (exact) mass is 374 g/mol. The van der Waals surface area contributed by atoms with Crippen LogP contribution >= 0.6 is 12.4 Å². The number of hydrogen-bond donors (Lipinski definition) is 1. The third kappa shape index (κ3) is 5.58. The molecule has 4 heteroatoms. The van der Waals surface area contributed by atoms with Crippen molar-refractivity contribution in [2.24, 2.45) is 0 Å². The molecular weight excluding hydrogens is 344 g/mol. The number of rotatable bonds is 5. The molecule has 0 heterocycles. The van der Waals surface area contributed by atoms with Gasteiger partial charge in [0.1, 0.15) is 0 Å². The lowest BCUT2D eigenvalue weighted by molar-refractivity contribution is 0.0941. The summed E-state index contributed by atoms with van der Waals surface area (Å²) in [6.07, 6.45) is 0. The molecular formula is C22H31ClN2O. The smallest absolute Gasteiger partial charge is 0.251 e. The summed E-state index contributed by atoms with van der Waals surface area (Å²) >= 11 is 0. The fourth-order valence-corrected chi connectivity index (χ4v) is 2.92. The normalized spacial score (nSPS) is 12.4. The molecule has 0 saturated heterocycles. The maximum Gasteiger partial charge on any atom is 0.251 e. The second-order valence-electron chi connectivity index (χ2n) is 7.88. The van der Waals surface area contributed by atoms with Crippen molar-refractivity contribution >= 4 is 18.3 Å². The van der Waals surface area contributed by atoms with Crippen molar-refractivity contribution in [1.29, 1.82) is 0 Å². The van der Waals surface area contributed by atoms with E-state index in [2.05, 4.69) is 55.3 Å². The maximum atomic E-state index is 12.5. The molecule has 3 nitrogen and oxygen atoms in total. The van der Waals surface area contributed by atoms with Crippen LogP contribution in [0, 0.1) is 6.92 Å². The van der Waals surface area contributed by atoms with Crippen LogP contribution < -0.4 is 5.32 Å². The Morgan fingerprint density at radius 2 is 1.62 bits per heavy atom. The molecule has 0 saturated carbocycles. The molecule has 0 aliphatic rings. The minimum atomic E-state index is -0.0174. The number of nitrogens with one attached hydrogen (secondary N) is 1. The molecule has 142 valence electrons. The van der Waals surface area contributed by atoms with Crippen molar-refractivity contribution in [2.45, 2.75) is 39.2 Å². The number of likely N-dealkylation sites (N-methyl/N-ethyl adjacent to an activating group) is 1. The van der Waals surface area contributed by atoms with E-state index in [0.29, 0.717) is 6.54 Å². The van der Waals surface area contributed by atoms with Crippen LogP contribution in [-0.4, -0.2) is 31.4 Å². The highest BCUT2D eigenvalue weighted by Crippen LogP contribution is 2.25. The van der Waals surface area contributed by atoms with Gasteiger partial charge in [-0.15, -0.1) is 12.4 Å². The predicted octanol–water partition coefficient (Wildman–Crippen LogP) is 4.75. The number of carbonyl (C=O) groups is 1. The molecule has 2 rings (SSSR count). The zero-order chi connectivity index (χ0) is 18.6. The molecule has 1 amide bonds. The SMILES string of the molecule is Cc1ccccc1C(=O)NCC(c1ccc(C(C)(C)C)cc1)N(C)C.Cl. The first kappa shape index (κ1) is 22.2. The zero-order valence-electron chi connectivity index (χ0n) is 16.7. The van der Waals surface area contributed by atoms with Gasteiger partial charge >= 0.3 is 0 Å². The van der Waals surface area contributed by atoms with E-state index in [1.54, 1.807) is 0 Å². The van der Waals surface area contributed by atoms with E-state index in [9.17, 15) is 4.79 Å². The summed E-state index contributed by atoms with van der Waals surface area (Å²) in [5, 5.41) is 3.08. The lowest BCUT2D eigenvalue weighted by Gasteiger charge is -2.26. The standard InChI is InChI=1S/C22H30N2O.ClH/c1-16-9-7-8-10-19(16)21(25)23-15-20(24(5)6)17-11-13-18(14-12-17)22(2,3)4;/h7-14,20H,15H2,1-6H3,(H,23,25);1H. The highest BCUT2D eigenvalue weighted by atomic mass is 35.5. The van der Waals surface area contributed by atoms with Gasteiger partial charge in [0.2, 0.25) is 0 Å². The average Bonchev–Trinajstić information content (AvgIpc) is 2.54. The Bertz CT molecular complexity index is 718. The van der Waals surface area contributed by atoms with Gasteiger partial charge in [-0.25, -0.2) is 0 Å². The second kappa shape index (κ2) is 9.20. The van der Waals surface area contributed by atoms with Gasteiger partial charge in [-0.3, -0.25) is 4.79 Å². The molecule has 26 heavy (non-hydrogen) atoms. The van der Waals surface area contributed by atoms with Crippen LogP contribution in [0.2, 0.25) is 0 Å². The van der Waals surface area contributed by atoms with Gasteiger partial charge in [-0.2, -0.15) is 0 Å². The van der Waals surface area contributed by atoms with E-state index < -0.39 is 0 Å². The first-order chi connectivity index (χ1) is 11.7. The molecule has 0 fully saturated rings. The van der Waals surface area contributed by atoms with E-state index in [0.717, 1.165) is 11.1 Å². The highest BCUT2D eigenvalue weighted by Gasteiger charge is 2.18. The van der Waals surface area contributed by atoms with Crippen molar-refractivity contribution < 1.29 is 4.79 Å². The second-order valence-corrected chi connectivity index (χ2v) is 7.88. The van der Waals surface area contributed by atoms with Gasteiger partial charge < -0.3 is 10.2 Å². The summed E-state index contributed by atoms with van der Waals surface area (Å²) in [4.78, 5) is 14.6. The fourth-order valence-electron chi connectivity index (χ4n) is 2.92. The van der Waals surface area contributed by atoms with Crippen molar-refractivity contribution in [3.05, 3.63) is 70.8 Å². The van der Waals surface area contributed by atoms with Crippen molar-refractivity contribution in [3.63, 3.8) is 0 Å². The summed E-state index contributed by atoms with van der Waals surface area (Å²) in [7, 11) is 4.09. The first-order valence-corrected chi connectivity index (χ1v) is 8.81. The Labute approximate surface area is 164 Å². The third-order valence-electron chi connectivity index (χ3n) is 4.63. The Hall–Kier alpha value is -1.84. The van der Waals surface area contributed by atoms with Crippen LogP contribution in [0.15, 0.2) is 48.5 Å². The van der Waals surface area contributed by atoms with Gasteiger partial charge in [0.05, 0.1) is 6.04 Å². The summed E-state index contributed by atoms with van der Waals surface area (Å²) in [5.74, 6) is -0.0174. The summed E-state index contributed by atoms with van der Waals surface area (Å²) in [6.45, 7) is 9.19. The van der Waals surface area contributed by atoms with Crippen LogP contribution in [-0.2, 0) is 5.41 Å². The van der Waals surface area contributed by atoms with Gasteiger partial charge in [0.25, 0.3) is 5.91 Å². The molecule has 1 atom stereocenters. The Kier molecular flexibility index (Phi) is 7.86. The van der Waals surface area contributed by atoms with Gasteiger partial charge in [-0.05, 0) is 49.2 Å². The van der Waals surface area contributed by atoms with Gasteiger partial charge in [-0.1, -0.05) is 63.2 Å². The van der Waals surface area contributed by atoms with Crippen molar-refractivity contribution in [2.75, 3.05) is 20.6 Å². The predicted molar refractivity (Wildman–Crippen MR) is 112 cm³/mol. The molecule has 0 spiro atoms. The van der Waals surface area contributed by atoms with E-state index in [1.165, 1.54) is 11.1 Å². The fraction of sp³-hybridized carbons (Fsp3) is 0.409. The quantitative estimate of drug-likeness (QED) is 0.819. The number of amides is 1. The minimum absolute atomic E-state index is 0. The molecule has 2 aromatic carbocycles. The molecule has 0 aliphatic heterocycles. The molecule has 2 aromatic rings. The first-order valence-electron chi connectivity index (χ1n) is 8.81. The van der Waals surface area contributed by atoms with Crippen LogP contribution in [0.25, 0.3) is 0 Å². The topological polar surface area (TPSA) is 32.3 Å². The van der Waals surface area contributed by atoms with Crippen LogP contribution in [0.4, 0.5) is 0 Å². The largest absolute Gasteiger partial charge is 0.350 e. The number of hydrogen-bond acceptors (Lipinski definition) is 2. The number of nitrogens with zero attached hydrogens (tertiary/aromatic N) is 1.